The van der Waals surface area contributed by atoms with Gasteiger partial charge in [0.15, 0.2) is 5.96 Å². The van der Waals surface area contributed by atoms with Gasteiger partial charge < -0.3 is 10.6 Å². The summed E-state index contributed by atoms with van der Waals surface area (Å²) in [4.78, 5) is 9.58. The van der Waals surface area contributed by atoms with E-state index in [9.17, 15) is 0 Å². The molecule has 122 valence electrons. The first-order chi connectivity index (χ1) is 9.88. The number of nitrogens with two attached hydrogens (primary N) is 1. The van der Waals surface area contributed by atoms with Crippen LogP contribution >= 0.6 is 0 Å². The molecule has 0 amide bonds. The maximum atomic E-state index is 6.20. The maximum absolute atomic E-state index is 6.20. The van der Waals surface area contributed by atoms with Gasteiger partial charge in [0.05, 0.1) is 6.54 Å². The molecule has 0 aromatic rings. The highest BCUT2D eigenvalue weighted by Gasteiger charge is 2.32. The molecule has 0 aromatic heterocycles. The average molecular weight is 294 g/mol. The van der Waals surface area contributed by atoms with Crippen LogP contribution in [0.25, 0.3) is 0 Å². The van der Waals surface area contributed by atoms with Gasteiger partial charge in [-0.25, -0.2) is 0 Å². The largest absolute Gasteiger partial charge is 0.370 e. The number of likely N-dealkylation sites (tertiary alicyclic amines) is 2. The maximum Gasteiger partial charge on any atom is 0.191 e. The lowest BCUT2D eigenvalue weighted by Gasteiger charge is -2.44. The molecule has 0 spiro atoms. The van der Waals surface area contributed by atoms with E-state index in [-0.39, 0.29) is 5.54 Å². The number of rotatable bonds is 3. The van der Waals surface area contributed by atoms with E-state index in [0.29, 0.717) is 0 Å². The molecule has 2 saturated heterocycles. The summed E-state index contributed by atoms with van der Waals surface area (Å²) < 4.78 is 0. The van der Waals surface area contributed by atoms with Crippen molar-refractivity contribution in [1.82, 2.24) is 9.80 Å². The molecule has 2 atom stereocenters. The van der Waals surface area contributed by atoms with Crippen LogP contribution in [0, 0.1) is 11.8 Å². The Labute approximate surface area is 130 Å². The van der Waals surface area contributed by atoms with E-state index in [2.05, 4.69) is 37.5 Å². The van der Waals surface area contributed by atoms with Crippen molar-refractivity contribution in [1.29, 1.82) is 0 Å². The minimum absolute atomic E-state index is 0.101. The van der Waals surface area contributed by atoms with Crippen LogP contribution in [0.15, 0.2) is 4.99 Å². The molecule has 2 N–H and O–H groups in total. The van der Waals surface area contributed by atoms with Crippen molar-refractivity contribution in [2.75, 3.05) is 32.7 Å². The standard InChI is InChI=1S/C17H34N4/c1-14-10-15(2)12-21(11-14)17(3,4)13-19-16(18)20-8-6-5-7-9-20/h14-15H,5-13H2,1-4H3,(H2,18,19). The molecule has 4 nitrogen and oxygen atoms in total. The molecule has 2 heterocycles. The normalized spacial score (nSPS) is 29.7. The molecule has 2 aliphatic rings. The van der Waals surface area contributed by atoms with Crippen LogP contribution in [-0.2, 0) is 0 Å². The van der Waals surface area contributed by atoms with E-state index >= 15 is 0 Å². The second-order valence-electron chi connectivity index (χ2n) is 7.89. The zero-order valence-electron chi connectivity index (χ0n) is 14.4. The highest BCUT2D eigenvalue weighted by atomic mass is 15.3. The minimum Gasteiger partial charge on any atom is -0.370 e. The second-order valence-corrected chi connectivity index (χ2v) is 7.89. The predicted molar refractivity (Wildman–Crippen MR) is 90.5 cm³/mol. The van der Waals surface area contributed by atoms with Crippen molar-refractivity contribution in [3.8, 4) is 0 Å². The van der Waals surface area contributed by atoms with Gasteiger partial charge in [0.2, 0.25) is 0 Å². The highest BCUT2D eigenvalue weighted by Crippen LogP contribution is 2.27. The number of aliphatic imine (C=N–C) groups is 1. The Balaban J connectivity index is 1.93. The smallest absolute Gasteiger partial charge is 0.191 e. The first kappa shape index (κ1) is 16.6. The summed E-state index contributed by atoms with van der Waals surface area (Å²) in [5.74, 6) is 2.33. The molecule has 0 bridgehead atoms. The van der Waals surface area contributed by atoms with Gasteiger partial charge in [-0.3, -0.25) is 9.89 Å². The summed E-state index contributed by atoms with van der Waals surface area (Å²) in [6.45, 7) is 14.7. The fourth-order valence-corrected chi connectivity index (χ4v) is 3.75. The van der Waals surface area contributed by atoms with Gasteiger partial charge in [0, 0.05) is 31.7 Å². The summed E-state index contributed by atoms with van der Waals surface area (Å²) in [7, 11) is 0. The first-order valence-electron chi connectivity index (χ1n) is 8.68. The Kier molecular flexibility index (Phi) is 5.53. The summed E-state index contributed by atoms with van der Waals surface area (Å²) in [5, 5.41) is 0. The van der Waals surface area contributed by atoms with Gasteiger partial charge in [0.1, 0.15) is 0 Å². The Morgan fingerprint density at radius 2 is 1.67 bits per heavy atom. The lowest BCUT2D eigenvalue weighted by Crippen LogP contribution is -2.53. The van der Waals surface area contributed by atoms with Crippen LogP contribution in [0.4, 0.5) is 0 Å². The fourth-order valence-electron chi connectivity index (χ4n) is 3.75. The Bertz CT molecular complexity index is 348. The van der Waals surface area contributed by atoms with E-state index < -0.39 is 0 Å². The van der Waals surface area contributed by atoms with Gasteiger partial charge in [-0.1, -0.05) is 13.8 Å². The quantitative estimate of drug-likeness (QED) is 0.642. The molecule has 0 radical (unpaired) electrons. The van der Waals surface area contributed by atoms with Gasteiger partial charge >= 0.3 is 0 Å². The topological polar surface area (TPSA) is 44.9 Å². The monoisotopic (exact) mass is 294 g/mol. The van der Waals surface area contributed by atoms with Gasteiger partial charge in [-0.05, 0) is 51.4 Å². The molecule has 0 saturated carbocycles. The van der Waals surface area contributed by atoms with Crippen molar-refractivity contribution in [2.24, 2.45) is 22.6 Å². The summed E-state index contributed by atoms with van der Waals surface area (Å²) in [5.41, 5.74) is 6.30. The molecule has 4 heteroatoms. The van der Waals surface area contributed by atoms with E-state index in [1.165, 1.54) is 38.8 Å². The van der Waals surface area contributed by atoms with E-state index in [1.54, 1.807) is 0 Å². The van der Waals surface area contributed by atoms with E-state index in [0.717, 1.165) is 37.4 Å². The molecule has 21 heavy (non-hydrogen) atoms. The van der Waals surface area contributed by atoms with Crippen molar-refractivity contribution >= 4 is 5.96 Å². The van der Waals surface area contributed by atoms with Crippen molar-refractivity contribution < 1.29 is 0 Å². The molecule has 0 aromatic carbocycles. The SMILES string of the molecule is CC1CC(C)CN(C(C)(C)CN=C(N)N2CCCCC2)C1. The van der Waals surface area contributed by atoms with Crippen LogP contribution < -0.4 is 5.73 Å². The average Bonchev–Trinajstić information content (AvgIpc) is 2.45. The first-order valence-corrected chi connectivity index (χ1v) is 8.68. The third kappa shape index (κ3) is 4.60. The lowest BCUT2D eigenvalue weighted by atomic mass is 9.88. The van der Waals surface area contributed by atoms with Crippen LogP contribution in [0.1, 0.15) is 53.4 Å². The van der Waals surface area contributed by atoms with Gasteiger partial charge in [-0.2, -0.15) is 0 Å². The Hall–Kier alpha value is -0.770. The predicted octanol–water partition coefficient (Wildman–Crippen LogP) is 2.54. The van der Waals surface area contributed by atoms with Crippen LogP contribution in [-0.4, -0.2) is 54.0 Å². The Morgan fingerprint density at radius 3 is 2.24 bits per heavy atom. The number of guanidine groups is 1. The van der Waals surface area contributed by atoms with Crippen molar-refractivity contribution in [3.63, 3.8) is 0 Å². The van der Waals surface area contributed by atoms with Crippen LogP contribution in [0.2, 0.25) is 0 Å². The zero-order chi connectivity index (χ0) is 15.5. The minimum atomic E-state index is 0.101. The van der Waals surface area contributed by atoms with Crippen LogP contribution in [0.3, 0.4) is 0 Å². The van der Waals surface area contributed by atoms with Gasteiger partial charge in [-0.15, -0.1) is 0 Å². The molecule has 2 aliphatic heterocycles. The molecular weight excluding hydrogens is 260 g/mol. The third-order valence-corrected chi connectivity index (χ3v) is 5.03. The van der Waals surface area contributed by atoms with E-state index in [4.69, 9.17) is 10.7 Å². The number of piperidine rings is 2. The fraction of sp³-hybridized carbons (Fsp3) is 0.941. The molecule has 2 rings (SSSR count). The summed E-state index contributed by atoms with van der Waals surface area (Å²) >= 11 is 0. The van der Waals surface area contributed by atoms with Gasteiger partial charge in [0.25, 0.3) is 0 Å². The number of nitrogens with zero attached hydrogens (tertiary/aromatic N) is 3. The van der Waals surface area contributed by atoms with Crippen molar-refractivity contribution in [3.05, 3.63) is 0 Å². The summed E-state index contributed by atoms with van der Waals surface area (Å²) in [6, 6.07) is 0. The molecular formula is C17H34N4. The summed E-state index contributed by atoms with van der Waals surface area (Å²) in [6.07, 6.45) is 5.19. The zero-order valence-corrected chi connectivity index (χ0v) is 14.4. The second kappa shape index (κ2) is 6.99. The van der Waals surface area contributed by atoms with E-state index in [1.807, 2.05) is 0 Å². The van der Waals surface area contributed by atoms with Crippen molar-refractivity contribution in [2.45, 2.75) is 58.9 Å². The molecule has 2 unspecified atom stereocenters. The number of hydrogen-bond donors (Lipinski definition) is 1. The highest BCUT2D eigenvalue weighted by molar-refractivity contribution is 5.78. The number of hydrogen-bond acceptors (Lipinski definition) is 2. The lowest BCUT2D eigenvalue weighted by molar-refractivity contribution is 0.0511. The Morgan fingerprint density at radius 1 is 1.10 bits per heavy atom. The molecule has 0 aliphatic carbocycles. The third-order valence-electron chi connectivity index (χ3n) is 5.03. The van der Waals surface area contributed by atoms with Crippen LogP contribution in [0.5, 0.6) is 0 Å². The molecule has 2 fully saturated rings.